The summed E-state index contributed by atoms with van der Waals surface area (Å²) in [5, 5.41) is 3.38. The number of carbonyl (C=O) groups is 2. The summed E-state index contributed by atoms with van der Waals surface area (Å²) in [6, 6.07) is 24.1. The van der Waals surface area contributed by atoms with Gasteiger partial charge in [0.15, 0.2) is 5.17 Å². The van der Waals surface area contributed by atoms with Crippen LogP contribution in [0.25, 0.3) is 0 Å². The van der Waals surface area contributed by atoms with E-state index >= 15 is 0 Å². The fourth-order valence-electron chi connectivity index (χ4n) is 3.50. The van der Waals surface area contributed by atoms with Crippen molar-refractivity contribution in [3.63, 3.8) is 0 Å². The maximum absolute atomic E-state index is 13.2. The minimum Gasteiger partial charge on any atom is -0.497 e. The number of anilines is 2. The first-order valence-corrected chi connectivity index (χ1v) is 12.1. The number of hydrogen-bond acceptors (Lipinski definition) is 5. The first kappa shape index (κ1) is 23.9. The summed E-state index contributed by atoms with van der Waals surface area (Å²) < 4.78 is 5.24. The van der Waals surface area contributed by atoms with Crippen LogP contribution in [0, 0.1) is 0 Å². The SMILES string of the molecule is COc1ccc(N2C(=O)CC(C(=O)Nc3ccc(Cl)cc3)SC2=NCCc2ccccc2)cc1. The predicted octanol–water partition coefficient (Wildman–Crippen LogP) is 5.42. The van der Waals surface area contributed by atoms with Gasteiger partial charge >= 0.3 is 0 Å². The fourth-order valence-corrected chi connectivity index (χ4v) is 4.75. The largest absolute Gasteiger partial charge is 0.497 e. The van der Waals surface area contributed by atoms with Crippen LogP contribution in [-0.4, -0.2) is 35.9 Å². The van der Waals surface area contributed by atoms with Gasteiger partial charge in [-0.25, -0.2) is 0 Å². The van der Waals surface area contributed by atoms with Crippen molar-refractivity contribution in [2.75, 3.05) is 23.9 Å². The molecule has 3 aromatic rings. The lowest BCUT2D eigenvalue weighted by atomic mass is 10.2. The number of nitrogens with zero attached hydrogens (tertiary/aromatic N) is 2. The van der Waals surface area contributed by atoms with Crippen LogP contribution in [-0.2, 0) is 16.0 Å². The Bertz CT molecular complexity index is 1170. The maximum Gasteiger partial charge on any atom is 0.238 e. The second-order valence-corrected chi connectivity index (χ2v) is 9.24. The van der Waals surface area contributed by atoms with Crippen LogP contribution < -0.4 is 15.0 Å². The zero-order valence-corrected chi connectivity index (χ0v) is 20.2. The maximum atomic E-state index is 13.2. The van der Waals surface area contributed by atoms with Gasteiger partial charge in [-0.15, -0.1) is 0 Å². The molecule has 1 aliphatic heterocycles. The predicted molar refractivity (Wildman–Crippen MR) is 139 cm³/mol. The van der Waals surface area contributed by atoms with Crippen LogP contribution in [0.3, 0.4) is 0 Å². The highest BCUT2D eigenvalue weighted by Gasteiger charge is 2.36. The number of ether oxygens (including phenoxy) is 1. The number of rotatable bonds is 7. The molecule has 6 nitrogen and oxygen atoms in total. The van der Waals surface area contributed by atoms with Crippen molar-refractivity contribution in [1.82, 2.24) is 0 Å². The number of aliphatic imine (C=N–C) groups is 1. The van der Waals surface area contributed by atoms with E-state index in [1.807, 2.05) is 42.5 Å². The quantitative estimate of drug-likeness (QED) is 0.476. The lowest BCUT2D eigenvalue weighted by Crippen LogP contribution is -2.45. The smallest absolute Gasteiger partial charge is 0.238 e. The molecule has 34 heavy (non-hydrogen) atoms. The highest BCUT2D eigenvalue weighted by atomic mass is 35.5. The molecule has 0 saturated carbocycles. The molecule has 0 aromatic heterocycles. The monoisotopic (exact) mass is 493 g/mol. The third-order valence-electron chi connectivity index (χ3n) is 5.27. The van der Waals surface area contributed by atoms with Gasteiger partial charge in [-0.2, -0.15) is 0 Å². The molecule has 3 aromatic carbocycles. The zero-order chi connectivity index (χ0) is 23.9. The number of thioether (sulfide) groups is 1. The van der Waals surface area contributed by atoms with Gasteiger partial charge in [0.05, 0.1) is 12.8 Å². The Labute approximate surface area is 208 Å². The highest BCUT2D eigenvalue weighted by molar-refractivity contribution is 8.15. The lowest BCUT2D eigenvalue weighted by Gasteiger charge is -2.32. The van der Waals surface area contributed by atoms with E-state index in [0.717, 1.165) is 12.0 Å². The summed E-state index contributed by atoms with van der Waals surface area (Å²) in [6.07, 6.45) is 0.797. The summed E-state index contributed by atoms with van der Waals surface area (Å²) in [7, 11) is 1.59. The molecule has 1 heterocycles. The Balaban J connectivity index is 1.55. The van der Waals surface area contributed by atoms with Gasteiger partial charge in [-0.3, -0.25) is 19.5 Å². The number of amidine groups is 1. The summed E-state index contributed by atoms with van der Waals surface area (Å²) >= 11 is 7.23. The molecule has 1 N–H and O–H groups in total. The topological polar surface area (TPSA) is 71.0 Å². The van der Waals surface area contributed by atoms with Crippen LogP contribution in [0.2, 0.25) is 5.02 Å². The Morgan fingerprint density at radius 1 is 1.09 bits per heavy atom. The summed E-state index contributed by atoms with van der Waals surface area (Å²) in [5.41, 5.74) is 2.47. The van der Waals surface area contributed by atoms with Crippen LogP contribution in [0.4, 0.5) is 11.4 Å². The van der Waals surface area contributed by atoms with Crippen LogP contribution in [0.15, 0.2) is 83.9 Å². The van der Waals surface area contributed by atoms with Crippen LogP contribution in [0.1, 0.15) is 12.0 Å². The van der Waals surface area contributed by atoms with Crippen molar-refractivity contribution in [2.45, 2.75) is 18.1 Å². The first-order chi connectivity index (χ1) is 16.5. The number of methoxy groups -OCH3 is 1. The van der Waals surface area contributed by atoms with E-state index < -0.39 is 5.25 Å². The van der Waals surface area contributed by atoms with E-state index in [4.69, 9.17) is 21.3 Å². The van der Waals surface area contributed by atoms with E-state index in [2.05, 4.69) is 5.32 Å². The highest BCUT2D eigenvalue weighted by Crippen LogP contribution is 2.32. The van der Waals surface area contributed by atoms with Gasteiger partial charge < -0.3 is 10.1 Å². The van der Waals surface area contributed by atoms with Crippen LogP contribution >= 0.6 is 23.4 Å². The second-order valence-electron chi connectivity index (χ2n) is 7.63. The van der Waals surface area contributed by atoms with E-state index in [1.54, 1.807) is 48.4 Å². The van der Waals surface area contributed by atoms with E-state index in [-0.39, 0.29) is 18.2 Å². The van der Waals surface area contributed by atoms with Crippen LogP contribution in [0.5, 0.6) is 5.75 Å². The molecule has 8 heteroatoms. The molecule has 0 spiro atoms. The molecule has 1 fully saturated rings. The summed E-state index contributed by atoms with van der Waals surface area (Å²) in [6.45, 7) is 0.498. The van der Waals surface area contributed by atoms with Crippen molar-refractivity contribution in [3.8, 4) is 5.75 Å². The average molecular weight is 494 g/mol. The van der Waals surface area contributed by atoms with Gasteiger partial charge in [-0.05, 0) is 60.5 Å². The van der Waals surface area contributed by atoms with Gasteiger partial charge in [0.25, 0.3) is 0 Å². The van der Waals surface area contributed by atoms with Crippen molar-refractivity contribution in [1.29, 1.82) is 0 Å². The fraction of sp³-hybridized carbons (Fsp3) is 0.192. The number of halogens is 1. The van der Waals surface area contributed by atoms with E-state index in [1.165, 1.54) is 11.8 Å². The molecule has 1 unspecified atom stereocenters. The molecular formula is C26H24ClN3O3S. The number of hydrogen-bond donors (Lipinski definition) is 1. The molecule has 174 valence electrons. The normalized spacial score (nSPS) is 17.0. The molecule has 1 atom stereocenters. The van der Waals surface area contributed by atoms with Gasteiger partial charge in [0.2, 0.25) is 11.8 Å². The Hall–Kier alpha value is -3.29. The van der Waals surface area contributed by atoms with Crippen molar-refractivity contribution >= 4 is 51.7 Å². The standard InChI is InChI=1S/C26H24ClN3O3S/c1-33-22-13-11-21(12-14-22)30-24(31)17-23(25(32)29-20-9-7-19(27)8-10-20)34-26(30)28-16-15-18-5-3-2-4-6-18/h2-14,23H,15-17H2,1H3,(H,29,32). The molecule has 0 bridgehead atoms. The zero-order valence-electron chi connectivity index (χ0n) is 18.6. The molecule has 0 radical (unpaired) electrons. The lowest BCUT2D eigenvalue weighted by molar-refractivity contribution is -0.121. The van der Waals surface area contributed by atoms with E-state index in [0.29, 0.717) is 33.9 Å². The minimum absolute atomic E-state index is 0.0633. The average Bonchev–Trinajstić information content (AvgIpc) is 2.86. The minimum atomic E-state index is -0.590. The number of benzene rings is 3. The van der Waals surface area contributed by atoms with Gasteiger partial charge in [0.1, 0.15) is 11.0 Å². The molecule has 1 saturated heterocycles. The van der Waals surface area contributed by atoms with Gasteiger partial charge in [-0.1, -0.05) is 53.7 Å². The molecular weight excluding hydrogens is 470 g/mol. The number of carbonyl (C=O) groups excluding carboxylic acids is 2. The number of nitrogens with one attached hydrogen (secondary N) is 1. The second kappa shape index (κ2) is 11.2. The van der Waals surface area contributed by atoms with E-state index in [9.17, 15) is 9.59 Å². The first-order valence-electron chi connectivity index (χ1n) is 10.8. The Kier molecular flexibility index (Phi) is 7.87. The molecule has 4 rings (SSSR count). The molecule has 0 aliphatic carbocycles. The van der Waals surface area contributed by atoms with Crippen molar-refractivity contribution in [2.24, 2.45) is 4.99 Å². The third kappa shape index (κ3) is 5.98. The Morgan fingerprint density at radius 2 is 1.79 bits per heavy atom. The Morgan fingerprint density at radius 3 is 2.47 bits per heavy atom. The van der Waals surface area contributed by atoms with Crippen molar-refractivity contribution in [3.05, 3.63) is 89.4 Å². The van der Waals surface area contributed by atoms with Gasteiger partial charge in [0, 0.05) is 23.7 Å². The molecule has 2 amide bonds. The summed E-state index contributed by atoms with van der Waals surface area (Å²) in [4.78, 5) is 32.5. The molecule has 1 aliphatic rings. The number of amides is 2. The van der Waals surface area contributed by atoms with Crippen molar-refractivity contribution < 1.29 is 14.3 Å². The third-order valence-corrected chi connectivity index (χ3v) is 6.71. The summed E-state index contributed by atoms with van der Waals surface area (Å²) in [5.74, 6) is 0.271.